The van der Waals surface area contributed by atoms with Crippen LogP contribution in [0.25, 0.3) is 0 Å². The lowest BCUT2D eigenvalue weighted by Gasteiger charge is -2.10. The Balaban J connectivity index is 2.04. The average molecular weight is 227 g/mol. The zero-order valence-electron chi connectivity index (χ0n) is 9.62. The van der Waals surface area contributed by atoms with Gasteiger partial charge in [0.1, 0.15) is 0 Å². The molecule has 0 aromatic heterocycles. The molecule has 0 aromatic carbocycles. The molecule has 0 spiro atoms. The van der Waals surface area contributed by atoms with Gasteiger partial charge in [-0.05, 0) is 12.3 Å². The van der Waals surface area contributed by atoms with Crippen LogP contribution in [0.1, 0.15) is 13.3 Å². The van der Waals surface area contributed by atoms with E-state index in [1.165, 1.54) is 6.42 Å². The van der Waals surface area contributed by atoms with E-state index in [2.05, 4.69) is 29.1 Å². The maximum atomic E-state index is 4.19. The fourth-order valence-corrected chi connectivity index (χ4v) is 1.88. The van der Waals surface area contributed by atoms with E-state index < -0.39 is 0 Å². The molecule has 0 bridgehead atoms. The third kappa shape index (κ3) is 5.11. The van der Waals surface area contributed by atoms with E-state index in [-0.39, 0.29) is 0 Å². The molecule has 0 aliphatic heterocycles. The SMILES string of the molecule is C=CCSCCNC(=NC)NC1CC1C. The molecule has 0 amide bonds. The number of rotatable bonds is 6. The topological polar surface area (TPSA) is 36.4 Å². The molecular weight excluding hydrogens is 206 g/mol. The highest BCUT2D eigenvalue weighted by Gasteiger charge is 2.32. The zero-order chi connectivity index (χ0) is 11.1. The Morgan fingerprint density at radius 3 is 2.93 bits per heavy atom. The fourth-order valence-electron chi connectivity index (χ4n) is 1.30. The van der Waals surface area contributed by atoms with E-state index in [1.54, 1.807) is 0 Å². The quantitative estimate of drug-likeness (QED) is 0.312. The van der Waals surface area contributed by atoms with Gasteiger partial charge in [0.05, 0.1) is 0 Å². The van der Waals surface area contributed by atoms with Crippen LogP contribution in [0, 0.1) is 5.92 Å². The van der Waals surface area contributed by atoms with Gasteiger partial charge in [-0.2, -0.15) is 11.8 Å². The molecule has 2 atom stereocenters. The molecule has 0 heterocycles. The highest BCUT2D eigenvalue weighted by atomic mass is 32.2. The maximum Gasteiger partial charge on any atom is 0.191 e. The summed E-state index contributed by atoms with van der Waals surface area (Å²) in [6.07, 6.45) is 3.20. The number of guanidine groups is 1. The van der Waals surface area contributed by atoms with E-state index in [0.717, 1.165) is 29.9 Å². The summed E-state index contributed by atoms with van der Waals surface area (Å²) in [5.41, 5.74) is 0. The predicted molar refractivity (Wildman–Crippen MR) is 69.6 cm³/mol. The Morgan fingerprint density at radius 2 is 2.40 bits per heavy atom. The molecule has 1 aliphatic carbocycles. The summed E-state index contributed by atoms with van der Waals surface area (Å²) in [6, 6.07) is 0.636. The van der Waals surface area contributed by atoms with Crippen LogP contribution in [0.4, 0.5) is 0 Å². The number of nitrogens with one attached hydrogen (secondary N) is 2. The van der Waals surface area contributed by atoms with Crippen LogP contribution in [-0.4, -0.2) is 37.1 Å². The number of hydrogen-bond acceptors (Lipinski definition) is 2. The molecule has 1 aliphatic rings. The second-order valence-electron chi connectivity index (χ2n) is 3.83. The summed E-state index contributed by atoms with van der Waals surface area (Å²) in [6.45, 7) is 6.90. The van der Waals surface area contributed by atoms with Crippen molar-refractivity contribution in [2.75, 3.05) is 25.1 Å². The zero-order valence-corrected chi connectivity index (χ0v) is 10.4. The smallest absolute Gasteiger partial charge is 0.191 e. The Kier molecular flexibility index (Phi) is 5.61. The normalized spacial score (nSPS) is 24.8. The third-order valence-corrected chi connectivity index (χ3v) is 3.39. The van der Waals surface area contributed by atoms with Crippen molar-refractivity contribution < 1.29 is 0 Å². The summed E-state index contributed by atoms with van der Waals surface area (Å²) in [4.78, 5) is 4.19. The van der Waals surface area contributed by atoms with Gasteiger partial charge in [0, 0.05) is 31.1 Å². The Bertz CT molecular complexity index is 228. The van der Waals surface area contributed by atoms with Crippen molar-refractivity contribution in [3.8, 4) is 0 Å². The van der Waals surface area contributed by atoms with Crippen molar-refractivity contribution in [1.82, 2.24) is 10.6 Å². The second kappa shape index (κ2) is 6.77. The van der Waals surface area contributed by atoms with Gasteiger partial charge in [0.15, 0.2) is 5.96 Å². The third-order valence-electron chi connectivity index (χ3n) is 2.43. The first-order chi connectivity index (χ1) is 7.27. The second-order valence-corrected chi connectivity index (χ2v) is 4.98. The van der Waals surface area contributed by atoms with E-state index in [1.807, 2.05) is 24.9 Å². The summed E-state index contributed by atoms with van der Waals surface area (Å²) in [5.74, 6) is 3.85. The van der Waals surface area contributed by atoms with Crippen LogP contribution in [0.15, 0.2) is 17.6 Å². The first kappa shape index (κ1) is 12.4. The Labute approximate surface area is 96.8 Å². The molecule has 1 saturated carbocycles. The summed E-state index contributed by atoms with van der Waals surface area (Å²) < 4.78 is 0. The van der Waals surface area contributed by atoms with Crippen LogP contribution in [0.3, 0.4) is 0 Å². The minimum Gasteiger partial charge on any atom is -0.356 e. The molecule has 1 rings (SSSR count). The highest BCUT2D eigenvalue weighted by Crippen LogP contribution is 2.28. The first-order valence-electron chi connectivity index (χ1n) is 5.43. The van der Waals surface area contributed by atoms with Gasteiger partial charge >= 0.3 is 0 Å². The molecule has 4 heteroatoms. The van der Waals surface area contributed by atoms with E-state index >= 15 is 0 Å². The minimum absolute atomic E-state index is 0.636. The van der Waals surface area contributed by atoms with Gasteiger partial charge in [0.2, 0.25) is 0 Å². The number of aliphatic imine (C=N–C) groups is 1. The number of hydrogen-bond donors (Lipinski definition) is 2. The van der Waals surface area contributed by atoms with Crippen molar-refractivity contribution in [3.63, 3.8) is 0 Å². The molecule has 86 valence electrons. The molecular formula is C11H21N3S. The van der Waals surface area contributed by atoms with Crippen molar-refractivity contribution in [1.29, 1.82) is 0 Å². The van der Waals surface area contributed by atoms with Crippen LogP contribution in [-0.2, 0) is 0 Å². The van der Waals surface area contributed by atoms with Crippen molar-refractivity contribution in [2.45, 2.75) is 19.4 Å². The molecule has 1 fully saturated rings. The Morgan fingerprint density at radius 1 is 1.67 bits per heavy atom. The lowest BCUT2D eigenvalue weighted by Crippen LogP contribution is -2.40. The predicted octanol–water partition coefficient (Wildman–Crippen LogP) is 1.48. The molecule has 2 unspecified atom stereocenters. The lowest BCUT2D eigenvalue weighted by atomic mass is 10.5. The van der Waals surface area contributed by atoms with Crippen molar-refractivity contribution in [3.05, 3.63) is 12.7 Å². The summed E-state index contributed by atoms with van der Waals surface area (Å²) in [7, 11) is 1.82. The van der Waals surface area contributed by atoms with Gasteiger partial charge in [-0.1, -0.05) is 13.0 Å². The van der Waals surface area contributed by atoms with E-state index in [4.69, 9.17) is 0 Å². The molecule has 2 N–H and O–H groups in total. The molecule has 15 heavy (non-hydrogen) atoms. The van der Waals surface area contributed by atoms with Crippen LogP contribution in [0.5, 0.6) is 0 Å². The largest absolute Gasteiger partial charge is 0.356 e. The lowest BCUT2D eigenvalue weighted by molar-refractivity contribution is 0.775. The summed E-state index contributed by atoms with van der Waals surface area (Å²) in [5, 5.41) is 6.69. The molecule has 0 saturated heterocycles. The first-order valence-corrected chi connectivity index (χ1v) is 6.59. The van der Waals surface area contributed by atoms with Crippen molar-refractivity contribution in [2.24, 2.45) is 10.9 Å². The fraction of sp³-hybridized carbons (Fsp3) is 0.727. The number of thioether (sulfide) groups is 1. The molecule has 3 nitrogen and oxygen atoms in total. The van der Waals surface area contributed by atoms with Gasteiger partial charge in [0.25, 0.3) is 0 Å². The molecule has 0 radical (unpaired) electrons. The van der Waals surface area contributed by atoms with Crippen molar-refractivity contribution >= 4 is 17.7 Å². The van der Waals surface area contributed by atoms with E-state index in [9.17, 15) is 0 Å². The number of nitrogens with zero attached hydrogens (tertiary/aromatic N) is 1. The van der Waals surface area contributed by atoms with Gasteiger partial charge < -0.3 is 10.6 Å². The van der Waals surface area contributed by atoms with Gasteiger partial charge in [-0.25, -0.2) is 0 Å². The van der Waals surface area contributed by atoms with Crippen LogP contribution < -0.4 is 10.6 Å². The van der Waals surface area contributed by atoms with E-state index in [0.29, 0.717) is 6.04 Å². The van der Waals surface area contributed by atoms with Crippen LogP contribution in [0.2, 0.25) is 0 Å². The van der Waals surface area contributed by atoms with Gasteiger partial charge in [-0.3, -0.25) is 4.99 Å². The Hall–Kier alpha value is -0.640. The van der Waals surface area contributed by atoms with Crippen LogP contribution >= 0.6 is 11.8 Å². The highest BCUT2D eigenvalue weighted by molar-refractivity contribution is 7.99. The molecule has 0 aromatic rings. The van der Waals surface area contributed by atoms with Gasteiger partial charge in [-0.15, -0.1) is 6.58 Å². The standard InChI is InChI=1S/C11H21N3S/c1-4-6-15-7-5-13-11(12-3)14-10-8-9(10)2/h4,9-10H,1,5-8H2,2-3H3,(H2,12,13,14). The summed E-state index contributed by atoms with van der Waals surface area (Å²) >= 11 is 1.88. The monoisotopic (exact) mass is 227 g/mol. The minimum atomic E-state index is 0.636. The maximum absolute atomic E-state index is 4.19. The average Bonchev–Trinajstić information content (AvgIpc) is 2.92.